The van der Waals surface area contributed by atoms with E-state index in [4.69, 9.17) is 5.73 Å². The Labute approximate surface area is 102 Å². The first-order valence-electron chi connectivity index (χ1n) is 4.89. The fraction of sp³-hybridized carbons (Fsp3) is 0.0833. The molecule has 3 nitrogen and oxygen atoms in total. The number of rotatable bonds is 1. The van der Waals surface area contributed by atoms with E-state index < -0.39 is 0 Å². The third kappa shape index (κ3) is 2.02. The molecule has 0 heterocycles. The molecule has 0 saturated heterocycles. The maximum Gasteiger partial charge on any atom is 0.192 e. The van der Waals surface area contributed by atoms with Crippen molar-refractivity contribution >= 4 is 38.3 Å². The van der Waals surface area contributed by atoms with Crippen molar-refractivity contribution < 1.29 is 0 Å². The number of nitrogens with two attached hydrogens (primary N) is 1. The molecule has 0 spiro atoms. The van der Waals surface area contributed by atoms with E-state index in [0.29, 0.717) is 5.96 Å². The first kappa shape index (κ1) is 11.0. The van der Waals surface area contributed by atoms with E-state index in [2.05, 4.69) is 32.3 Å². The van der Waals surface area contributed by atoms with Crippen molar-refractivity contribution in [1.82, 2.24) is 0 Å². The van der Waals surface area contributed by atoms with E-state index in [9.17, 15) is 0 Å². The van der Waals surface area contributed by atoms with Crippen molar-refractivity contribution in [3.63, 3.8) is 0 Å². The monoisotopic (exact) mass is 277 g/mol. The number of nitrogens with zero attached hydrogens (tertiary/aromatic N) is 1. The van der Waals surface area contributed by atoms with Crippen LogP contribution in [0.3, 0.4) is 0 Å². The molecule has 16 heavy (non-hydrogen) atoms. The second-order valence-electron chi connectivity index (χ2n) is 3.37. The topological polar surface area (TPSA) is 50.4 Å². The summed E-state index contributed by atoms with van der Waals surface area (Å²) in [5, 5.41) is 5.33. The number of aliphatic imine (C=N–C) groups is 1. The van der Waals surface area contributed by atoms with Gasteiger partial charge in [-0.1, -0.05) is 40.2 Å². The van der Waals surface area contributed by atoms with Gasteiger partial charge >= 0.3 is 0 Å². The molecule has 82 valence electrons. The fourth-order valence-corrected chi connectivity index (χ4v) is 2.04. The molecule has 0 amide bonds. The van der Waals surface area contributed by atoms with Crippen LogP contribution in [0.2, 0.25) is 0 Å². The van der Waals surface area contributed by atoms with Crippen LogP contribution in [-0.4, -0.2) is 13.0 Å². The van der Waals surface area contributed by atoms with E-state index in [-0.39, 0.29) is 0 Å². The van der Waals surface area contributed by atoms with Crippen LogP contribution >= 0.6 is 15.9 Å². The van der Waals surface area contributed by atoms with Crippen LogP contribution in [-0.2, 0) is 0 Å². The smallest absolute Gasteiger partial charge is 0.192 e. The number of nitrogens with one attached hydrogen (secondary N) is 1. The maximum atomic E-state index is 5.66. The average molecular weight is 278 g/mol. The minimum atomic E-state index is 0.410. The van der Waals surface area contributed by atoms with Gasteiger partial charge in [0.2, 0.25) is 0 Å². The number of guanidine groups is 1. The van der Waals surface area contributed by atoms with Crippen molar-refractivity contribution in [1.29, 1.82) is 0 Å². The molecular formula is C12H12BrN3. The van der Waals surface area contributed by atoms with Gasteiger partial charge in [-0.25, -0.2) is 0 Å². The highest BCUT2D eigenvalue weighted by Crippen LogP contribution is 2.29. The zero-order valence-corrected chi connectivity index (χ0v) is 10.5. The average Bonchev–Trinajstić information content (AvgIpc) is 2.33. The molecule has 2 aromatic carbocycles. The molecule has 0 aliphatic heterocycles. The fourth-order valence-electron chi connectivity index (χ4n) is 1.57. The van der Waals surface area contributed by atoms with E-state index in [0.717, 1.165) is 20.9 Å². The van der Waals surface area contributed by atoms with Crippen molar-refractivity contribution in [3.05, 3.63) is 40.9 Å². The molecule has 0 aliphatic carbocycles. The van der Waals surface area contributed by atoms with Gasteiger partial charge in [-0.05, 0) is 17.5 Å². The normalized spacial score (nSPS) is 11.8. The Kier molecular flexibility index (Phi) is 3.10. The number of anilines is 1. The van der Waals surface area contributed by atoms with Crippen molar-refractivity contribution in [2.45, 2.75) is 0 Å². The Morgan fingerprint density at radius 3 is 2.56 bits per heavy atom. The number of hydrogen-bond acceptors (Lipinski definition) is 1. The summed E-state index contributed by atoms with van der Waals surface area (Å²) in [6, 6.07) is 12.1. The zero-order valence-electron chi connectivity index (χ0n) is 8.87. The lowest BCUT2D eigenvalue weighted by atomic mass is 10.1. The predicted octanol–water partition coefficient (Wildman–Crippen LogP) is 2.96. The van der Waals surface area contributed by atoms with Crippen LogP contribution in [0.4, 0.5) is 5.69 Å². The van der Waals surface area contributed by atoms with Gasteiger partial charge in [0.05, 0.1) is 0 Å². The minimum Gasteiger partial charge on any atom is -0.370 e. The standard InChI is InChI=1S/C12H12BrN3/c1-15-12(14)16-11-7-6-10(13)8-4-2-3-5-9(8)11/h2-7H,1H3,(H3,14,15,16). The molecule has 0 unspecified atom stereocenters. The lowest BCUT2D eigenvalue weighted by molar-refractivity contribution is 1.38. The van der Waals surface area contributed by atoms with E-state index >= 15 is 0 Å². The number of halogens is 1. The summed E-state index contributed by atoms with van der Waals surface area (Å²) in [6.45, 7) is 0. The maximum absolute atomic E-state index is 5.66. The Bertz CT molecular complexity index is 549. The zero-order chi connectivity index (χ0) is 11.5. The van der Waals surface area contributed by atoms with Gasteiger partial charge in [0.15, 0.2) is 5.96 Å². The number of benzene rings is 2. The van der Waals surface area contributed by atoms with Crippen LogP contribution < -0.4 is 11.1 Å². The summed E-state index contributed by atoms with van der Waals surface area (Å²) < 4.78 is 1.07. The van der Waals surface area contributed by atoms with E-state index in [1.54, 1.807) is 7.05 Å². The molecule has 0 radical (unpaired) electrons. The van der Waals surface area contributed by atoms with Crippen molar-refractivity contribution in [3.8, 4) is 0 Å². The van der Waals surface area contributed by atoms with Gasteiger partial charge in [0.1, 0.15) is 0 Å². The molecule has 3 N–H and O–H groups in total. The van der Waals surface area contributed by atoms with Gasteiger partial charge in [0.25, 0.3) is 0 Å². The summed E-state index contributed by atoms with van der Waals surface area (Å²) in [4.78, 5) is 3.88. The lowest BCUT2D eigenvalue weighted by Crippen LogP contribution is -2.22. The quantitative estimate of drug-likeness (QED) is 0.622. The number of hydrogen-bond donors (Lipinski definition) is 2. The summed E-state index contributed by atoms with van der Waals surface area (Å²) >= 11 is 3.53. The third-order valence-electron chi connectivity index (χ3n) is 2.37. The van der Waals surface area contributed by atoms with Crippen molar-refractivity contribution in [2.24, 2.45) is 10.7 Å². The van der Waals surface area contributed by atoms with E-state index in [1.807, 2.05) is 30.3 Å². The Hall–Kier alpha value is -1.55. The molecule has 0 aromatic heterocycles. The minimum absolute atomic E-state index is 0.410. The molecular weight excluding hydrogens is 266 g/mol. The Morgan fingerprint density at radius 2 is 1.88 bits per heavy atom. The molecule has 2 aromatic rings. The molecule has 0 atom stereocenters. The highest BCUT2D eigenvalue weighted by Gasteiger charge is 2.03. The molecule has 2 rings (SSSR count). The Morgan fingerprint density at radius 1 is 1.19 bits per heavy atom. The highest BCUT2D eigenvalue weighted by atomic mass is 79.9. The first-order chi connectivity index (χ1) is 7.72. The Balaban J connectivity index is 2.58. The summed E-state index contributed by atoms with van der Waals surface area (Å²) in [7, 11) is 1.66. The molecule has 0 bridgehead atoms. The van der Waals surface area contributed by atoms with Gasteiger partial charge < -0.3 is 11.1 Å². The van der Waals surface area contributed by atoms with Crippen LogP contribution in [0, 0.1) is 0 Å². The highest BCUT2D eigenvalue weighted by molar-refractivity contribution is 9.10. The predicted molar refractivity (Wildman–Crippen MR) is 72.8 cm³/mol. The second kappa shape index (κ2) is 4.53. The number of fused-ring (bicyclic) bond motifs is 1. The van der Waals surface area contributed by atoms with Gasteiger partial charge in [-0.15, -0.1) is 0 Å². The summed E-state index contributed by atoms with van der Waals surface area (Å²) in [6.07, 6.45) is 0. The third-order valence-corrected chi connectivity index (χ3v) is 3.07. The second-order valence-corrected chi connectivity index (χ2v) is 4.23. The SMILES string of the molecule is CN=C(N)Nc1ccc(Br)c2ccccc12. The van der Waals surface area contributed by atoms with Crippen molar-refractivity contribution in [2.75, 3.05) is 12.4 Å². The summed E-state index contributed by atoms with van der Waals surface area (Å²) in [5.41, 5.74) is 6.62. The van der Waals surface area contributed by atoms with Crippen LogP contribution in [0.15, 0.2) is 45.9 Å². The van der Waals surface area contributed by atoms with Crippen LogP contribution in [0.1, 0.15) is 0 Å². The summed E-state index contributed by atoms with van der Waals surface area (Å²) in [5.74, 6) is 0.410. The lowest BCUT2D eigenvalue weighted by Gasteiger charge is -2.09. The van der Waals surface area contributed by atoms with Crippen LogP contribution in [0.5, 0.6) is 0 Å². The van der Waals surface area contributed by atoms with E-state index in [1.165, 1.54) is 0 Å². The molecule has 4 heteroatoms. The molecule has 0 aliphatic rings. The molecule has 0 saturated carbocycles. The van der Waals surface area contributed by atoms with Gasteiger partial charge in [-0.2, -0.15) is 0 Å². The van der Waals surface area contributed by atoms with Crippen LogP contribution in [0.25, 0.3) is 10.8 Å². The first-order valence-corrected chi connectivity index (χ1v) is 5.68. The van der Waals surface area contributed by atoms with Gasteiger partial charge in [0, 0.05) is 22.6 Å². The largest absolute Gasteiger partial charge is 0.370 e. The molecule has 0 fully saturated rings. The van der Waals surface area contributed by atoms with Gasteiger partial charge in [-0.3, -0.25) is 4.99 Å².